The molecule has 1 aromatic carbocycles. The summed E-state index contributed by atoms with van der Waals surface area (Å²) in [7, 11) is 0. The van der Waals surface area contributed by atoms with Crippen molar-refractivity contribution in [3.63, 3.8) is 0 Å². The zero-order valence-electron chi connectivity index (χ0n) is 6.50. The molecule has 0 bridgehead atoms. The molecule has 0 aliphatic rings. The summed E-state index contributed by atoms with van der Waals surface area (Å²) in [5, 5.41) is -1.31. The molecule has 0 saturated heterocycles. The maximum atomic E-state index is 13.1. The van der Waals surface area contributed by atoms with Crippen LogP contribution in [0.4, 0.5) is 8.78 Å². The number of hydrogen-bond acceptors (Lipinski definition) is 1. The first-order chi connectivity index (χ1) is 5.95. The normalized spacial score (nSPS) is 10.2. The van der Waals surface area contributed by atoms with Gasteiger partial charge < -0.3 is 0 Å². The van der Waals surface area contributed by atoms with Crippen molar-refractivity contribution in [2.75, 3.05) is 0 Å². The van der Waals surface area contributed by atoms with Crippen LogP contribution in [0.15, 0.2) is 6.07 Å². The number of carbonyl (C=O) groups is 1. The topological polar surface area (TPSA) is 17.1 Å². The monoisotopic (exact) mass is 224 g/mol. The van der Waals surface area contributed by atoms with Gasteiger partial charge in [0.15, 0.2) is 0 Å². The molecule has 5 heteroatoms. The van der Waals surface area contributed by atoms with Gasteiger partial charge in [0, 0.05) is 5.56 Å². The zero-order valence-corrected chi connectivity index (χ0v) is 8.01. The Morgan fingerprint density at radius 2 is 1.92 bits per heavy atom. The second-order valence-electron chi connectivity index (χ2n) is 2.43. The SMILES string of the molecule is Cc1c(F)c(Cl)cc(C(=O)Cl)c1F. The van der Waals surface area contributed by atoms with Gasteiger partial charge in [0.1, 0.15) is 11.6 Å². The first-order valence-electron chi connectivity index (χ1n) is 3.29. The molecule has 0 heterocycles. The quantitative estimate of drug-likeness (QED) is 0.529. The molecular formula is C8H4Cl2F2O. The fourth-order valence-electron chi connectivity index (χ4n) is 0.874. The molecule has 0 saturated carbocycles. The fourth-order valence-corrected chi connectivity index (χ4v) is 1.26. The van der Waals surface area contributed by atoms with Crippen LogP contribution >= 0.6 is 23.2 Å². The molecular weight excluding hydrogens is 221 g/mol. The summed E-state index contributed by atoms with van der Waals surface area (Å²) in [6.07, 6.45) is 0. The van der Waals surface area contributed by atoms with Gasteiger partial charge in [0.05, 0.1) is 10.6 Å². The van der Waals surface area contributed by atoms with E-state index in [0.29, 0.717) is 0 Å². The van der Waals surface area contributed by atoms with Crippen molar-refractivity contribution in [1.82, 2.24) is 0 Å². The van der Waals surface area contributed by atoms with E-state index in [0.717, 1.165) is 6.07 Å². The molecule has 0 unspecified atom stereocenters. The number of halogens is 4. The predicted molar refractivity (Wildman–Crippen MR) is 46.3 cm³/mol. The Morgan fingerprint density at radius 1 is 1.38 bits per heavy atom. The van der Waals surface area contributed by atoms with Crippen LogP contribution in [0.5, 0.6) is 0 Å². The average molecular weight is 225 g/mol. The molecule has 0 atom stereocenters. The third-order valence-corrected chi connectivity index (χ3v) is 2.07. The lowest BCUT2D eigenvalue weighted by molar-refractivity contribution is 0.107. The van der Waals surface area contributed by atoms with Crippen molar-refractivity contribution >= 4 is 28.4 Å². The lowest BCUT2D eigenvalue weighted by atomic mass is 10.1. The van der Waals surface area contributed by atoms with Crippen LogP contribution in [0.25, 0.3) is 0 Å². The second-order valence-corrected chi connectivity index (χ2v) is 3.18. The van der Waals surface area contributed by atoms with E-state index in [9.17, 15) is 13.6 Å². The van der Waals surface area contributed by atoms with Crippen LogP contribution in [0.2, 0.25) is 5.02 Å². The third-order valence-electron chi connectivity index (χ3n) is 1.59. The second kappa shape index (κ2) is 3.60. The van der Waals surface area contributed by atoms with E-state index in [-0.39, 0.29) is 10.6 Å². The predicted octanol–water partition coefficient (Wildman–Crippen LogP) is 3.31. The largest absolute Gasteiger partial charge is 0.275 e. The standard InChI is InChI=1S/C8H4Cl2F2O/c1-3-6(11)4(8(10)13)2-5(9)7(3)12/h2H,1H3. The molecule has 0 spiro atoms. The first kappa shape index (κ1) is 10.4. The Morgan fingerprint density at radius 3 is 2.38 bits per heavy atom. The molecule has 1 rings (SSSR count). The van der Waals surface area contributed by atoms with E-state index in [1.165, 1.54) is 6.92 Å². The molecule has 1 nitrogen and oxygen atoms in total. The van der Waals surface area contributed by atoms with Gasteiger partial charge in [-0.25, -0.2) is 8.78 Å². The molecule has 0 aliphatic carbocycles. The van der Waals surface area contributed by atoms with Gasteiger partial charge in [-0.1, -0.05) is 11.6 Å². The highest BCUT2D eigenvalue weighted by molar-refractivity contribution is 6.67. The van der Waals surface area contributed by atoms with Crippen LogP contribution in [-0.2, 0) is 0 Å². The van der Waals surface area contributed by atoms with Gasteiger partial charge in [0.2, 0.25) is 0 Å². The molecule has 0 fully saturated rings. The van der Waals surface area contributed by atoms with Gasteiger partial charge in [-0.2, -0.15) is 0 Å². The Hall–Kier alpha value is -0.670. The van der Waals surface area contributed by atoms with Gasteiger partial charge in [-0.05, 0) is 24.6 Å². The number of hydrogen-bond donors (Lipinski definition) is 0. The van der Waals surface area contributed by atoms with Crippen LogP contribution in [0, 0.1) is 18.6 Å². The molecule has 0 N–H and O–H groups in total. The number of carbonyl (C=O) groups excluding carboxylic acids is 1. The molecule has 0 amide bonds. The summed E-state index contributed by atoms with van der Waals surface area (Å²) < 4.78 is 26.0. The van der Waals surface area contributed by atoms with Crippen LogP contribution < -0.4 is 0 Å². The van der Waals surface area contributed by atoms with Gasteiger partial charge in [-0.3, -0.25) is 4.79 Å². The van der Waals surface area contributed by atoms with Crippen LogP contribution in [0.3, 0.4) is 0 Å². The highest BCUT2D eigenvalue weighted by Crippen LogP contribution is 2.24. The molecule has 0 aliphatic heterocycles. The molecule has 13 heavy (non-hydrogen) atoms. The van der Waals surface area contributed by atoms with E-state index < -0.39 is 22.4 Å². The molecule has 0 radical (unpaired) electrons. The number of benzene rings is 1. The van der Waals surface area contributed by atoms with Crippen molar-refractivity contribution in [3.8, 4) is 0 Å². The van der Waals surface area contributed by atoms with E-state index >= 15 is 0 Å². The summed E-state index contributed by atoms with van der Waals surface area (Å²) in [6.45, 7) is 1.18. The maximum Gasteiger partial charge on any atom is 0.255 e. The highest BCUT2D eigenvalue weighted by Gasteiger charge is 2.17. The van der Waals surface area contributed by atoms with Crippen LogP contribution in [-0.4, -0.2) is 5.24 Å². The van der Waals surface area contributed by atoms with Crippen molar-refractivity contribution in [3.05, 3.63) is 33.9 Å². The van der Waals surface area contributed by atoms with E-state index in [2.05, 4.69) is 0 Å². The Kier molecular flexibility index (Phi) is 2.88. The Bertz CT molecular complexity index is 377. The van der Waals surface area contributed by atoms with Crippen molar-refractivity contribution in [2.45, 2.75) is 6.92 Å². The average Bonchev–Trinajstić information content (AvgIpc) is 2.07. The molecule has 1 aromatic rings. The van der Waals surface area contributed by atoms with Crippen LogP contribution in [0.1, 0.15) is 15.9 Å². The minimum absolute atomic E-state index is 0.309. The Labute approximate surface area is 83.3 Å². The van der Waals surface area contributed by atoms with Gasteiger partial charge in [-0.15, -0.1) is 0 Å². The summed E-state index contributed by atoms with van der Waals surface area (Å²) in [5.74, 6) is -1.84. The zero-order chi connectivity index (χ0) is 10.2. The smallest absolute Gasteiger partial charge is 0.255 e. The van der Waals surface area contributed by atoms with Gasteiger partial charge in [0.25, 0.3) is 5.24 Å². The van der Waals surface area contributed by atoms with Crippen molar-refractivity contribution < 1.29 is 13.6 Å². The minimum Gasteiger partial charge on any atom is -0.275 e. The highest BCUT2D eigenvalue weighted by atomic mass is 35.5. The van der Waals surface area contributed by atoms with E-state index in [4.69, 9.17) is 23.2 Å². The lowest BCUT2D eigenvalue weighted by Gasteiger charge is -2.04. The summed E-state index contributed by atoms with van der Waals surface area (Å²) in [6, 6.07) is 0.870. The van der Waals surface area contributed by atoms with E-state index in [1.807, 2.05) is 0 Å². The first-order valence-corrected chi connectivity index (χ1v) is 4.04. The molecule has 70 valence electrons. The summed E-state index contributed by atoms with van der Waals surface area (Å²) >= 11 is 10.4. The van der Waals surface area contributed by atoms with E-state index in [1.54, 1.807) is 0 Å². The maximum absolute atomic E-state index is 13.1. The van der Waals surface area contributed by atoms with Gasteiger partial charge >= 0.3 is 0 Å². The summed E-state index contributed by atoms with van der Waals surface area (Å²) in [4.78, 5) is 10.6. The summed E-state index contributed by atoms with van der Waals surface area (Å²) in [5.41, 5.74) is -0.720. The molecule has 0 aromatic heterocycles. The van der Waals surface area contributed by atoms with Crippen molar-refractivity contribution in [2.24, 2.45) is 0 Å². The lowest BCUT2D eigenvalue weighted by Crippen LogP contribution is -2.00. The number of rotatable bonds is 1. The minimum atomic E-state index is -0.998. The van der Waals surface area contributed by atoms with Crippen molar-refractivity contribution in [1.29, 1.82) is 0 Å². The fraction of sp³-hybridized carbons (Fsp3) is 0.125. The third kappa shape index (κ3) is 1.81. The Balaban J connectivity index is 3.50.